The van der Waals surface area contributed by atoms with Gasteiger partial charge in [0.05, 0.1) is 0 Å². The molecule has 21 heavy (non-hydrogen) atoms. The third-order valence-corrected chi connectivity index (χ3v) is 5.34. The van der Waals surface area contributed by atoms with E-state index < -0.39 is 11.7 Å². The fourth-order valence-corrected chi connectivity index (χ4v) is 3.21. The zero-order chi connectivity index (χ0) is 15.8. The molecule has 1 aromatic rings. The van der Waals surface area contributed by atoms with Crippen LogP contribution in [0.2, 0.25) is 0 Å². The van der Waals surface area contributed by atoms with E-state index in [1.54, 1.807) is 6.07 Å². The van der Waals surface area contributed by atoms with Gasteiger partial charge in [-0.05, 0) is 62.3 Å². The van der Waals surface area contributed by atoms with Gasteiger partial charge in [0.15, 0.2) is 0 Å². The minimum absolute atomic E-state index is 0.257. The minimum Gasteiger partial charge on any atom is -0.508 e. The SMILES string of the molecule is CC(C)(OC([NH])=O)C(C)(C)[C@H]1CCc2ccc(O)cc2C1. The highest BCUT2D eigenvalue weighted by Gasteiger charge is 2.46. The zero-order valence-electron chi connectivity index (χ0n) is 13.2. The molecule has 0 saturated heterocycles. The van der Waals surface area contributed by atoms with Crippen LogP contribution in [0.4, 0.5) is 4.79 Å². The van der Waals surface area contributed by atoms with Crippen LogP contribution >= 0.6 is 0 Å². The fourth-order valence-electron chi connectivity index (χ4n) is 3.21. The number of amides is 1. The second-order valence-corrected chi connectivity index (χ2v) is 7.01. The number of benzene rings is 1. The van der Waals surface area contributed by atoms with Crippen LogP contribution in [0.5, 0.6) is 5.75 Å². The monoisotopic (exact) mass is 290 g/mol. The molecule has 1 aromatic carbocycles. The van der Waals surface area contributed by atoms with Gasteiger partial charge in [0.1, 0.15) is 11.4 Å². The maximum absolute atomic E-state index is 11.0. The Hall–Kier alpha value is -1.71. The molecule has 2 rings (SSSR count). The predicted octanol–water partition coefficient (Wildman–Crippen LogP) is 3.72. The van der Waals surface area contributed by atoms with Crippen molar-refractivity contribution in [3.63, 3.8) is 0 Å². The van der Waals surface area contributed by atoms with E-state index in [9.17, 15) is 9.90 Å². The van der Waals surface area contributed by atoms with E-state index in [1.807, 2.05) is 26.0 Å². The number of nitrogens with one attached hydrogen (secondary N) is 1. The van der Waals surface area contributed by atoms with Gasteiger partial charge in [-0.15, -0.1) is 0 Å². The Morgan fingerprint density at radius 3 is 2.57 bits per heavy atom. The number of carbonyl (C=O) groups excluding carboxylic acids is 1. The molecular weight excluding hydrogens is 266 g/mol. The van der Waals surface area contributed by atoms with Gasteiger partial charge in [0.2, 0.25) is 0 Å². The molecule has 1 aliphatic rings. The Kier molecular flexibility index (Phi) is 3.91. The molecule has 0 heterocycles. The summed E-state index contributed by atoms with van der Waals surface area (Å²) >= 11 is 0. The van der Waals surface area contributed by atoms with Crippen LogP contribution in [0.25, 0.3) is 0 Å². The standard InChI is InChI=1S/C17H24NO3/c1-16(2,17(3,4)21-15(18)20)13-7-5-11-6-8-14(19)10-12(11)9-13/h6,8,10,13,18-19H,5,7,9H2,1-4H3/t13-/m0/s1. The van der Waals surface area contributed by atoms with E-state index in [4.69, 9.17) is 10.5 Å². The Balaban J connectivity index is 2.24. The summed E-state index contributed by atoms with van der Waals surface area (Å²) < 4.78 is 5.25. The number of carbonyl (C=O) groups is 1. The highest BCUT2D eigenvalue weighted by Crippen LogP contribution is 2.46. The second kappa shape index (κ2) is 5.24. The molecule has 115 valence electrons. The molecular formula is C17H24NO3. The lowest BCUT2D eigenvalue weighted by Gasteiger charge is -2.47. The first-order chi connectivity index (χ1) is 9.63. The van der Waals surface area contributed by atoms with Crippen molar-refractivity contribution >= 4 is 6.09 Å². The average molecular weight is 290 g/mol. The molecule has 1 atom stereocenters. The van der Waals surface area contributed by atoms with Crippen LogP contribution in [-0.2, 0) is 17.6 Å². The second-order valence-electron chi connectivity index (χ2n) is 7.01. The summed E-state index contributed by atoms with van der Waals surface area (Å²) in [6.07, 6.45) is 1.86. The Morgan fingerprint density at radius 2 is 1.95 bits per heavy atom. The molecule has 0 saturated carbocycles. The van der Waals surface area contributed by atoms with Crippen molar-refractivity contribution < 1.29 is 14.6 Å². The largest absolute Gasteiger partial charge is 0.508 e. The number of phenols is 1. The summed E-state index contributed by atoms with van der Waals surface area (Å²) in [5, 5.41) is 9.66. The van der Waals surface area contributed by atoms with E-state index in [2.05, 4.69) is 13.8 Å². The Labute approximate surface area is 126 Å². The fraction of sp³-hybridized carbons (Fsp3) is 0.588. The lowest BCUT2D eigenvalue weighted by molar-refractivity contribution is -0.0775. The van der Waals surface area contributed by atoms with Crippen LogP contribution in [0.15, 0.2) is 18.2 Å². The van der Waals surface area contributed by atoms with Gasteiger partial charge in [-0.1, -0.05) is 19.9 Å². The van der Waals surface area contributed by atoms with E-state index in [0.29, 0.717) is 11.7 Å². The summed E-state index contributed by atoms with van der Waals surface area (Å²) in [5.74, 6) is 0.630. The van der Waals surface area contributed by atoms with Gasteiger partial charge in [0.25, 0.3) is 0 Å². The number of fused-ring (bicyclic) bond motifs is 1. The number of phenolic OH excluding ortho intramolecular Hbond substituents is 1. The molecule has 1 radical (unpaired) electrons. The third-order valence-electron chi connectivity index (χ3n) is 5.34. The molecule has 2 N–H and O–H groups in total. The normalized spacial score (nSPS) is 19.0. The zero-order valence-corrected chi connectivity index (χ0v) is 13.2. The van der Waals surface area contributed by atoms with Gasteiger partial charge in [0, 0.05) is 5.41 Å². The summed E-state index contributed by atoms with van der Waals surface area (Å²) in [5.41, 5.74) is 8.58. The lowest BCUT2D eigenvalue weighted by Crippen LogP contribution is -2.49. The van der Waals surface area contributed by atoms with E-state index in [0.717, 1.165) is 19.3 Å². The van der Waals surface area contributed by atoms with E-state index in [1.165, 1.54) is 11.1 Å². The van der Waals surface area contributed by atoms with E-state index >= 15 is 0 Å². The first-order valence-corrected chi connectivity index (χ1v) is 7.39. The summed E-state index contributed by atoms with van der Waals surface area (Å²) in [4.78, 5) is 11.0. The Bertz CT molecular complexity index is 549. The number of hydrogen-bond acceptors (Lipinski definition) is 3. The highest BCUT2D eigenvalue weighted by molar-refractivity contribution is 5.64. The molecule has 1 aliphatic carbocycles. The van der Waals surface area contributed by atoms with Crippen LogP contribution in [-0.4, -0.2) is 16.8 Å². The van der Waals surface area contributed by atoms with Crippen molar-refractivity contribution in [2.75, 3.05) is 0 Å². The Morgan fingerprint density at radius 1 is 1.29 bits per heavy atom. The van der Waals surface area contributed by atoms with Crippen molar-refractivity contribution in [3.05, 3.63) is 29.3 Å². The number of aryl methyl sites for hydroxylation is 1. The number of hydrogen-bond donors (Lipinski definition) is 1. The summed E-state index contributed by atoms with van der Waals surface area (Å²) in [6, 6.07) is 5.56. The van der Waals surface area contributed by atoms with Gasteiger partial charge < -0.3 is 9.84 Å². The number of aromatic hydroxyl groups is 1. The summed E-state index contributed by atoms with van der Waals surface area (Å²) in [7, 11) is 0. The molecule has 4 heteroatoms. The van der Waals surface area contributed by atoms with Crippen molar-refractivity contribution in [2.24, 2.45) is 11.3 Å². The maximum atomic E-state index is 11.0. The number of ether oxygens (including phenoxy) is 1. The maximum Gasteiger partial charge on any atom is 0.426 e. The molecule has 0 bridgehead atoms. The van der Waals surface area contributed by atoms with Gasteiger partial charge in [-0.3, -0.25) is 0 Å². The molecule has 1 amide bonds. The van der Waals surface area contributed by atoms with Crippen LogP contribution in [0, 0.1) is 11.3 Å². The smallest absolute Gasteiger partial charge is 0.426 e. The molecule has 4 nitrogen and oxygen atoms in total. The number of rotatable bonds is 3. The van der Waals surface area contributed by atoms with Crippen LogP contribution in [0.1, 0.15) is 45.2 Å². The topological polar surface area (TPSA) is 70.3 Å². The molecule has 0 unspecified atom stereocenters. The summed E-state index contributed by atoms with van der Waals surface area (Å²) in [6.45, 7) is 7.93. The van der Waals surface area contributed by atoms with Crippen molar-refractivity contribution in [1.29, 1.82) is 0 Å². The highest BCUT2D eigenvalue weighted by atomic mass is 16.6. The quantitative estimate of drug-likeness (QED) is 0.922. The average Bonchev–Trinajstić information content (AvgIpc) is 2.36. The lowest BCUT2D eigenvalue weighted by atomic mass is 9.62. The van der Waals surface area contributed by atoms with Gasteiger partial charge in [-0.2, -0.15) is 0 Å². The molecule has 0 aromatic heterocycles. The first kappa shape index (κ1) is 15.7. The molecule has 0 spiro atoms. The molecule has 0 aliphatic heterocycles. The molecule has 0 fully saturated rings. The predicted molar refractivity (Wildman–Crippen MR) is 81.1 cm³/mol. The van der Waals surface area contributed by atoms with Crippen molar-refractivity contribution in [2.45, 2.75) is 52.6 Å². The van der Waals surface area contributed by atoms with Crippen LogP contribution in [0.3, 0.4) is 0 Å². The van der Waals surface area contributed by atoms with E-state index in [-0.39, 0.29) is 5.41 Å². The first-order valence-electron chi connectivity index (χ1n) is 7.39. The van der Waals surface area contributed by atoms with Gasteiger partial charge >= 0.3 is 6.09 Å². The third kappa shape index (κ3) is 2.99. The minimum atomic E-state index is -0.984. The van der Waals surface area contributed by atoms with Crippen molar-refractivity contribution in [1.82, 2.24) is 5.73 Å². The van der Waals surface area contributed by atoms with Crippen LogP contribution < -0.4 is 5.73 Å². The van der Waals surface area contributed by atoms with Gasteiger partial charge in [-0.25, -0.2) is 10.5 Å². The van der Waals surface area contributed by atoms with Crippen molar-refractivity contribution in [3.8, 4) is 5.75 Å².